The molecule has 1 atom stereocenters. The molecule has 2 rings (SSSR count). The third-order valence-electron chi connectivity index (χ3n) is 2.63. The van der Waals surface area contributed by atoms with Gasteiger partial charge in [0.25, 0.3) is 0 Å². The van der Waals surface area contributed by atoms with Gasteiger partial charge in [0.2, 0.25) is 0 Å². The van der Waals surface area contributed by atoms with Crippen LogP contribution in [0.3, 0.4) is 0 Å². The molecule has 1 aliphatic rings. The van der Waals surface area contributed by atoms with Gasteiger partial charge in [-0.05, 0) is 37.5 Å². The smallest absolute Gasteiger partial charge is 0.125 e. The minimum Gasteiger partial charge on any atom is -0.382 e. The molecule has 1 heterocycles. The lowest BCUT2D eigenvalue weighted by Crippen LogP contribution is -2.26. The standard InChI is InChI=1S/C11H13ClFN/c1-11(13)5-4-8-2-3-9(12)6-10(8)14-7-11/h2-3,6,14H,4-5,7H2,1H3. The second-order valence-corrected chi connectivity index (χ2v) is 4.50. The number of alkyl halides is 1. The minimum atomic E-state index is -1.12. The molecule has 0 aliphatic carbocycles. The molecule has 0 radical (unpaired) electrons. The molecule has 0 saturated heterocycles. The molecule has 3 heteroatoms. The summed E-state index contributed by atoms with van der Waals surface area (Å²) >= 11 is 5.87. The van der Waals surface area contributed by atoms with E-state index < -0.39 is 5.67 Å². The van der Waals surface area contributed by atoms with E-state index in [0.717, 1.165) is 17.7 Å². The van der Waals surface area contributed by atoms with Gasteiger partial charge in [-0.2, -0.15) is 0 Å². The lowest BCUT2D eigenvalue weighted by molar-refractivity contribution is 0.195. The molecule has 0 saturated carbocycles. The highest BCUT2D eigenvalue weighted by Gasteiger charge is 2.26. The van der Waals surface area contributed by atoms with Crippen LogP contribution in [-0.2, 0) is 6.42 Å². The highest BCUT2D eigenvalue weighted by atomic mass is 35.5. The quantitative estimate of drug-likeness (QED) is 0.696. The number of hydrogen-bond acceptors (Lipinski definition) is 1. The van der Waals surface area contributed by atoms with Gasteiger partial charge in [0.05, 0.1) is 0 Å². The summed E-state index contributed by atoms with van der Waals surface area (Å²) in [4.78, 5) is 0. The third-order valence-corrected chi connectivity index (χ3v) is 2.87. The summed E-state index contributed by atoms with van der Waals surface area (Å²) in [5, 5.41) is 3.79. The Hall–Kier alpha value is -0.760. The van der Waals surface area contributed by atoms with E-state index in [2.05, 4.69) is 5.32 Å². The van der Waals surface area contributed by atoms with Gasteiger partial charge in [-0.25, -0.2) is 4.39 Å². The highest BCUT2D eigenvalue weighted by molar-refractivity contribution is 6.30. The molecule has 1 N–H and O–H groups in total. The van der Waals surface area contributed by atoms with Crippen molar-refractivity contribution in [3.05, 3.63) is 28.8 Å². The van der Waals surface area contributed by atoms with Gasteiger partial charge < -0.3 is 5.32 Å². The van der Waals surface area contributed by atoms with Crippen LogP contribution in [0.2, 0.25) is 5.02 Å². The summed E-state index contributed by atoms with van der Waals surface area (Å²) in [6.07, 6.45) is 1.33. The van der Waals surface area contributed by atoms with Crippen molar-refractivity contribution in [3.63, 3.8) is 0 Å². The van der Waals surface area contributed by atoms with Crippen LogP contribution >= 0.6 is 11.6 Å². The van der Waals surface area contributed by atoms with Crippen LogP contribution in [0.5, 0.6) is 0 Å². The summed E-state index contributed by atoms with van der Waals surface area (Å²) < 4.78 is 13.7. The van der Waals surface area contributed by atoms with E-state index in [4.69, 9.17) is 11.6 Å². The number of halogens is 2. The van der Waals surface area contributed by atoms with Gasteiger partial charge in [-0.3, -0.25) is 0 Å². The lowest BCUT2D eigenvalue weighted by atomic mass is 10.0. The Morgan fingerprint density at radius 3 is 3.07 bits per heavy atom. The fourth-order valence-electron chi connectivity index (χ4n) is 1.69. The van der Waals surface area contributed by atoms with Crippen LogP contribution in [0, 0.1) is 0 Å². The van der Waals surface area contributed by atoms with Crippen molar-refractivity contribution in [2.45, 2.75) is 25.4 Å². The predicted octanol–water partition coefficient (Wildman–Crippen LogP) is 3.43. The Morgan fingerprint density at radius 1 is 1.50 bits per heavy atom. The minimum absolute atomic E-state index is 0.361. The summed E-state index contributed by atoms with van der Waals surface area (Å²) in [5.74, 6) is 0. The Labute approximate surface area is 88.3 Å². The highest BCUT2D eigenvalue weighted by Crippen LogP contribution is 2.29. The molecule has 0 fully saturated rings. The zero-order valence-corrected chi connectivity index (χ0v) is 8.87. The lowest BCUT2D eigenvalue weighted by Gasteiger charge is -2.17. The van der Waals surface area contributed by atoms with Crippen molar-refractivity contribution < 1.29 is 4.39 Å². The maximum atomic E-state index is 13.7. The summed E-state index contributed by atoms with van der Waals surface area (Å²) in [5.41, 5.74) is 1.00. The summed E-state index contributed by atoms with van der Waals surface area (Å²) in [6, 6.07) is 5.67. The number of hydrogen-bond donors (Lipinski definition) is 1. The van der Waals surface area contributed by atoms with Crippen molar-refractivity contribution in [1.29, 1.82) is 0 Å². The first-order valence-corrected chi connectivity index (χ1v) is 5.16. The molecule has 1 aromatic rings. The average Bonchev–Trinajstić information content (AvgIpc) is 2.26. The van der Waals surface area contributed by atoms with Gasteiger partial charge in [0.1, 0.15) is 5.67 Å². The Morgan fingerprint density at radius 2 is 2.29 bits per heavy atom. The van der Waals surface area contributed by atoms with Crippen LogP contribution in [0.1, 0.15) is 18.9 Å². The summed E-state index contributed by atoms with van der Waals surface area (Å²) in [7, 11) is 0. The van der Waals surface area contributed by atoms with Crippen molar-refractivity contribution in [2.24, 2.45) is 0 Å². The first kappa shape index (κ1) is 9.78. The van der Waals surface area contributed by atoms with Crippen LogP contribution in [-0.4, -0.2) is 12.2 Å². The molecular weight excluding hydrogens is 201 g/mol. The van der Waals surface area contributed by atoms with Crippen LogP contribution in [0.25, 0.3) is 0 Å². The van der Waals surface area contributed by atoms with Crippen molar-refractivity contribution in [2.75, 3.05) is 11.9 Å². The molecule has 1 aromatic carbocycles. The Balaban J connectivity index is 2.30. The van der Waals surface area contributed by atoms with Gasteiger partial charge in [0.15, 0.2) is 0 Å². The van der Waals surface area contributed by atoms with E-state index in [1.54, 1.807) is 6.92 Å². The second kappa shape index (κ2) is 3.43. The molecule has 1 aliphatic heterocycles. The number of fused-ring (bicyclic) bond motifs is 1. The molecule has 1 unspecified atom stereocenters. The van der Waals surface area contributed by atoms with Crippen molar-refractivity contribution >= 4 is 17.3 Å². The van der Waals surface area contributed by atoms with Crippen LogP contribution < -0.4 is 5.32 Å². The first-order valence-electron chi connectivity index (χ1n) is 4.78. The van der Waals surface area contributed by atoms with Gasteiger partial charge >= 0.3 is 0 Å². The predicted molar refractivity (Wildman–Crippen MR) is 57.8 cm³/mol. The first-order chi connectivity index (χ1) is 6.57. The van der Waals surface area contributed by atoms with Crippen LogP contribution in [0.15, 0.2) is 18.2 Å². The number of aryl methyl sites for hydroxylation is 1. The fourth-order valence-corrected chi connectivity index (χ4v) is 1.87. The number of benzene rings is 1. The average molecular weight is 214 g/mol. The third kappa shape index (κ3) is 2.01. The van der Waals surface area contributed by atoms with Crippen molar-refractivity contribution in [3.8, 4) is 0 Å². The molecule has 0 spiro atoms. The number of nitrogens with one attached hydrogen (secondary N) is 1. The second-order valence-electron chi connectivity index (χ2n) is 4.07. The zero-order valence-electron chi connectivity index (χ0n) is 8.11. The summed E-state index contributed by atoms with van der Waals surface area (Å²) in [6.45, 7) is 1.99. The Kier molecular flexibility index (Phi) is 2.40. The maximum Gasteiger partial charge on any atom is 0.125 e. The van der Waals surface area contributed by atoms with Gasteiger partial charge in [-0.15, -0.1) is 0 Å². The van der Waals surface area contributed by atoms with Crippen LogP contribution in [0.4, 0.5) is 10.1 Å². The molecule has 0 aromatic heterocycles. The van der Waals surface area contributed by atoms with Crippen molar-refractivity contribution in [1.82, 2.24) is 0 Å². The Bertz CT molecular complexity index is 349. The fraction of sp³-hybridized carbons (Fsp3) is 0.455. The largest absolute Gasteiger partial charge is 0.382 e. The molecular formula is C11H13ClFN. The van der Waals surface area contributed by atoms with E-state index in [1.807, 2.05) is 18.2 Å². The number of anilines is 1. The van der Waals surface area contributed by atoms with E-state index in [1.165, 1.54) is 0 Å². The molecule has 0 bridgehead atoms. The van der Waals surface area contributed by atoms with Gasteiger partial charge in [-0.1, -0.05) is 17.7 Å². The van der Waals surface area contributed by atoms with Gasteiger partial charge in [0, 0.05) is 17.3 Å². The van der Waals surface area contributed by atoms with E-state index in [0.29, 0.717) is 18.0 Å². The van der Waals surface area contributed by atoms with E-state index in [-0.39, 0.29) is 0 Å². The zero-order chi connectivity index (χ0) is 10.2. The monoisotopic (exact) mass is 213 g/mol. The SMILES string of the molecule is CC1(F)CCc2ccc(Cl)cc2NC1. The normalized spacial score (nSPS) is 26.2. The molecule has 0 amide bonds. The molecule has 1 nitrogen and oxygen atoms in total. The van der Waals surface area contributed by atoms with E-state index >= 15 is 0 Å². The maximum absolute atomic E-state index is 13.7. The molecule has 14 heavy (non-hydrogen) atoms. The number of rotatable bonds is 0. The molecule has 76 valence electrons. The topological polar surface area (TPSA) is 12.0 Å². The van der Waals surface area contributed by atoms with E-state index in [9.17, 15) is 4.39 Å².